The number of nitrogens with zero attached hydrogens (tertiary/aromatic N) is 4. The van der Waals surface area contributed by atoms with E-state index in [1.54, 1.807) is 24.3 Å². The molecule has 6 nitrogen and oxygen atoms in total. The van der Waals surface area contributed by atoms with Crippen LogP contribution in [0.15, 0.2) is 24.3 Å². The average Bonchev–Trinajstić information content (AvgIpc) is 2.91. The Labute approximate surface area is 140 Å². The SMILES string of the molecule is CNC(=O)c1nc2cc(-c3ccc(Cl)cc3Cl)nc(Cl)n2n1. The van der Waals surface area contributed by atoms with E-state index in [0.29, 0.717) is 26.9 Å². The van der Waals surface area contributed by atoms with E-state index >= 15 is 0 Å². The van der Waals surface area contributed by atoms with Crippen LogP contribution in [0.4, 0.5) is 0 Å². The minimum Gasteiger partial charge on any atom is -0.352 e. The van der Waals surface area contributed by atoms with Gasteiger partial charge in [0.1, 0.15) is 0 Å². The number of hydrogen-bond acceptors (Lipinski definition) is 4. The number of nitrogens with one attached hydrogen (secondary N) is 1. The molecule has 112 valence electrons. The van der Waals surface area contributed by atoms with Gasteiger partial charge in [-0.25, -0.2) is 9.97 Å². The first-order valence-electron chi connectivity index (χ1n) is 6.10. The van der Waals surface area contributed by atoms with E-state index in [9.17, 15) is 4.79 Å². The van der Waals surface area contributed by atoms with Crippen molar-refractivity contribution < 1.29 is 4.79 Å². The molecule has 0 aliphatic rings. The van der Waals surface area contributed by atoms with Crippen LogP contribution in [-0.2, 0) is 0 Å². The van der Waals surface area contributed by atoms with Gasteiger partial charge in [-0.2, -0.15) is 4.52 Å². The van der Waals surface area contributed by atoms with Gasteiger partial charge in [-0.1, -0.05) is 23.2 Å². The van der Waals surface area contributed by atoms with E-state index in [0.717, 1.165) is 0 Å². The number of amides is 1. The lowest BCUT2D eigenvalue weighted by molar-refractivity contribution is 0.0953. The number of carbonyl (C=O) groups excluding carboxylic acids is 1. The lowest BCUT2D eigenvalue weighted by atomic mass is 10.1. The lowest BCUT2D eigenvalue weighted by Crippen LogP contribution is -2.19. The fourth-order valence-corrected chi connectivity index (χ4v) is 2.62. The third kappa shape index (κ3) is 2.61. The van der Waals surface area contributed by atoms with Crippen molar-refractivity contribution in [1.82, 2.24) is 24.9 Å². The maximum atomic E-state index is 11.6. The molecule has 3 aromatic rings. The molecule has 2 aromatic heterocycles. The van der Waals surface area contributed by atoms with Crippen LogP contribution in [0.25, 0.3) is 16.9 Å². The molecule has 9 heteroatoms. The molecule has 0 radical (unpaired) electrons. The molecule has 0 unspecified atom stereocenters. The molecule has 1 N–H and O–H groups in total. The van der Waals surface area contributed by atoms with Gasteiger partial charge >= 0.3 is 0 Å². The highest BCUT2D eigenvalue weighted by Gasteiger charge is 2.16. The summed E-state index contributed by atoms with van der Waals surface area (Å²) >= 11 is 18.2. The molecule has 0 bridgehead atoms. The molecule has 22 heavy (non-hydrogen) atoms. The number of aromatic nitrogens is 4. The maximum absolute atomic E-state index is 11.6. The zero-order chi connectivity index (χ0) is 15.9. The van der Waals surface area contributed by atoms with Crippen LogP contribution < -0.4 is 5.32 Å². The van der Waals surface area contributed by atoms with Gasteiger partial charge in [0.05, 0.1) is 10.7 Å². The number of benzene rings is 1. The van der Waals surface area contributed by atoms with Crippen molar-refractivity contribution in [2.45, 2.75) is 0 Å². The topological polar surface area (TPSA) is 72.2 Å². The first kappa shape index (κ1) is 15.0. The van der Waals surface area contributed by atoms with Crippen molar-refractivity contribution in [3.8, 4) is 11.3 Å². The van der Waals surface area contributed by atoms with Crippen LogP contribution in [0.5, 0.6) is 0 Å². The number of carbonyl (C=O) groups is 1. The first-order chi connectivity index (χ1) is 10.5. The van der Waals surface area contributed by atoms with Crippen LogP contribution in [0, 0.1) is 0 Å². The Morgan fingerprint density at radius 2 is 1.95 bits per heavy atom. The average molecular weight is 357 g/mol. The Morgan fingerprint density at radius 1 is 1.18 bits per heavy atom. The fourth-order valence-electron chi connectivity index (χ4n) is 1.90. The summed E-state index contributed by atoms with van der Waals surface area (Å²) in [5, 5.41) is 7.47. The molecule has 0 aliphatic carbocycles. The predicted octanol–water partition coefficient (Wildman–Crippen LogP) is 3.11. The summed E-state index contributed by atoms with van der Waals surface area (Å²) in [6, 6.07) is 6.68. The maximum Gasteiger partial charge on any atom is 0.290 e. The second kappa shape index (κ2) is 5.72. The Bertz CT molecular complexity index is 893. The van der Waals surface area contributed by atoms with Gasteiger partial charge in [0.2, 0.25) is 11.1 Å². The van der Waals surface area contributed by atoms with E-state index in [1.165, 1.54) is 11.6 Å². The van der Waals surface area contributed by atoms with Crippen molar-refractivity contribution in [2.75, 3.05) is 7.05 Å². The van der Waals surface area contributed by atoms with Crippen LogP contribution in [0.2, 0.25) is 15.3 Å². The molecule has 0 spiro atoms. The quantitative estimate of drug-likeness (QED) is 0.716. The third-order valence-electron chi connectivity index (χ3n) is 2.92. The largest absolute Gasteiger partial charge is 0.352 e. The van der Waals surface area contributed by atoms with Crippen molar-refractivity contribution in [2.24, 2.45) is 0 Å². The molecule has 1 amide bonds. The smallest absolute Gasteiger partial charge is 0.290 e. The molecular formula is C13H8Cl3N5O. The lowest BCUT2D eigenvalue weighted by Gasteiger charge is -2.05. The monoisotopic (exact) mass is 355 g/mol. The molecule has 0 atom stereocenters. The molecule has 0 aliphatic heterocycles. The number of hydrogen-bond donors (Lipinski definition) is 1. The zero-order valence-corrected chi connectivity index (χ0v) is 13.4. The van der Waals surface area contributed by atoms with E-state index in [4.69, 9.17) is 34.8 Å². The van der Waals surface area contributed by atoms with Crippen molar-refractivity contribution >= 4 is 46.4 Å². The highest BCUT2D eigenvalue weighted by molar-refractivity contribution is 6.36. The van der Waals surface area contributed by atoms with Gasteiger partial charge in [-0.3, -0.25) is 4.79 Å². The minimum absolute atomic E-state index is 0.00514. The highest BCUT2D eigenvalue weighted by Crippen LogP contribution is 2.30. The Hall–Kier alpha value is -1.89. The van der Waals surface area contributed by atoms with Crippen molar-refractivity contribution in [1.29, 1.82) is 0 Å². The molecule has 0 saturated carbocycles. The fraction of sp³-hybridized carbons (Fsp3) is 0.0769. The van der Waals surface area contributed by atoms with Gasteiger partial charge in [0.25, 0.3) is 5.91 Å². The van der Waals surface area contributed by atoms with Crippen LogP contribution in [0.1, 0.15) is 10.6 Å². The van der Waals surface area contributed by atoms with Gasteiger partial charge < -0.3 is 5.32 Å². The second-order valence-corrected chi connectivity index (χ2v) is 5.50. The summed E-state index contributed by atoms with van der Waals surface area (Å²) in [6.07, 6.45) is 0. The predicted molar refractivity (Wildman–Crippen MR) is 84.6 cm³/mol. The molecule has 2 heterocycles. The third-order valence-corrected chi connectivity index (χ3v) is 3.72. The number of rotatable bonds is 2. The molecule has 0 fully saturated rings. The van der Waals surface area contributed by atoms with Crippen LogP contribution >= 0.6 is 34.8 Å². The van der Waals surface area contributed by atoms with E-state index in [1.807, 2.05) is 0 Å². The van der Waals surface area contributed by atoms with Gasteiger partial charge in [-0.05, 0) is 29.8 Å². The van der Waals surface area contributed by atoms with Crippen molar-refractivity contribution in [3.05, 3.63) is 45.4 Å². The minimum atomic E-state index is -0.411. The summed E-state index contributed by atoms with van der Waals surface area (Å²) in [7, 11) is 1.49. The van der Waals surface area contributed by atoms with Gasteiger partial charge in [-0.15, -0.1) is 5.10 Å². The highest BCUT2D eigenvalue weighted by atomic mass is 35.5. The van der Waals surface area contributed by atoms with E-state index < -0.39 is 5.91 Å². The Kier molecular flexibility index (Phi) is 3.90. The normalized spacial score (nSPS) is 10.9. The zero-order valence-electron chi connectivity index (χ0n) is 11.1. The summed E-state index contributed by atoms with van der Waals surface area (Å²) in [5.74, 6) is -0.406. The molecule has 1 aromatic carbocycles. The second-order valence-electron chi connectivity index (χ2n) is 4.32. The standard InChI is InChI=1S/C13H8Cl3N5O/c1-17-12(22)11-19-10-5-9(18-13(16)21(10)20-11)7-3-2-6(14)4-8(7)15/h2-5H,1H3,(H,17,22). The van der Waals surface area contributed by atoms with Gasteiger partial charge in [0.15, 0.2) is 5.65 Å². The number of halogens is 3. The van der Waals surface area contributed by atoms with E-state index in [-0.39, 0.29) is 11.1 Å². The summed E-state index contributed by atoms with van der Waals surface area (Å²) < 4.78 is 1.28. The Balaban J connectivity index is 2.18. The van der Waals surface area contributed by atoms with Gasteiger partial charge in [0, 0.05) is 23.7 Å². The van der Waals surface area contributed by atoms with Crippen LogP contribution in [0.3, 0.4) is 0 Å². The first-order valence-corrected chi connectivity index (χ1v) is 7.24. The number of fused-ring (bicyclic) bond motifs is 1. The summed E-state index contributed by atoms with van der Waals surface area (Å²) in [5.41, 5.74) is 1.55. The molecule has 0 saturated heterocycles. The van der Waals surface area contributed by atoms with Crippen molar-refractivity contribution in [3.63, 3.8) is 0 Å². The van der Waals surface area contributed by atoms with E-state index in [2.05, 4.69) is 20.4 Å². The Morgan fingerprint density at radius 3 is 2.64 bits per heavy atom. The summed E-state index contributed by atoms with van der Waals surface area (Å²) in [4.78, 5) is 19.9. The van der Waals surface area contributed by atoms with Crippen LogP contribution in [-0.4, -0.2) is 32.5 Å². The molecule has 3 rings (SSSR count). The summed E-state index contributed by atoms with van der Waals surface area (Å²) in [6.45, 7) is 0. The molecular weight excluding hydrogens is 349 g/mol.